The van der Waals surface area contributed by atoms with E-state index in [0.29, 0.717) is 17.7 Å². The van der Waals surface area contributed by atoms with Crippen molar-refractivity contribution in [1.29, 1.82) is 0 Å². The van der Waals surface area contributed by atoms with Crippen molar-refractivity contribution in [3.05, 3.63) is 33.9 Å². The number of terminal acetylenes is 1. The maximum absolute atomic E-state index is 11.9. The molecule has 5 nitrogen and oxygen atoms in total. The van der Waals surface area contributed by atoms with Crippen molar-refractivity contribution >= 4 is 11.9 Å². The summed E-state index contributed by atoms with van der Waals surface area (Å²) in [5.41, 5.74) is 3.06. The van der Waals surface area contributed by atoms with Gasteiger partial charge in [-0.05, 0) is 57.4 Å². The molecule has 0 fully saturated rings. The summed E-state index contributed by atoms with van der Waals surface area (Å²) in [5, 5.41) is 3.02. The minimum atomic E-state index is -0.521. The number of rotatable bonds is 5. The second kappa shape index (κ2) is 7.98. The topological polar surface area (TPSA) is 64.6 Å². The van der Waals surface area contributed by atoms with Crippen LogP contribution in [0.4, 0.5) is 0 Å². The van der Waals surface area contributed by atoms with E-state index in [4.69, 9.17) is 15.9 Å². The zero-order chi connectivity index (χ0) is 18.5. The van der Waals surface area contributed by atoms with Crippen LogP contribution in [0.3, 0.4) is 0 Å². The second-order valence-corrected chi connectivity index (χ2v) is 6.53. The fraction of sp³-hybridized carbons (Fsp3) is 0.474. The van der Waals surface area contributed by atoms with Gasteiger partial charge in [0.2, 0.25) is 0 Å². The second-order valence-electron chi connectivity index (χ2n) is 6.53. The Kier molecular flexibility index (Phi) is 6.56. The summed E-state index contributed by atoms with van der Waals surface area (Å²) in [5.74, 6) is 1.86. The van der Waals surface area contributed by atoms with Gasteiger partial charge in [0.05, 0.1) is 19.2 Å². The van der Waals surface area contributed by atoms with Gasteiger partial charge in [-0.2, -0.15) is 0 Å². The summed E-state index contributed by atoms with van der Waals surface area (Å²) >= 11 is 0. The van der Waals surface area contributed by atoms with Gasteiger partial charge in [0.1, 0.15) is 5.60 Å². The fourth-order valence-electron chi connectivity index (χ4n) is 2.37. The maximum atomic E-state index is 11.9. The Labute approximate surface area is 143 Å². The molecule has 5 heteroatoms. The minimum Gasteiger partial charge on any atom is -0.465 e. The first kappa shape index (κ1) is 19.7. The minimum absolute atomic E-state index is 0.0729. The number of carbonyl (C=O) groups is 2. The van der Waals surface area contributed by atoms with Crippen LogP contribution in [0.2, 0.25) is 0 Å². The Hall–Kier alpha value is -2.32. The van der Waals surface area contributed by atoms with Crippen LogP contribution in [-0.4, -0.2) is 31.2 Å². The number of esters is 2. The van der Waals surface area contributed by atoms with Crippen molar-refractivity contribution in [2.24, 2.45) is 0 Å². The van der Waals surface area contributed by atoms with Crippen LogP contribution >= 0.6 is 0 Å². The molecule has 0 heterocycles. The third-order valence-electron chi connectivity index (χ3n) is 3.51. The summed E-state index contributed by atoms with van der Waals surface area (Å²) in [6, 6.07) is 1.75. The molecule has 1 aromatic carbocycles. The summed E-state index contributed by atoms with van der Waals surface area (Å²) < 4.78 is 10.0. The van der Waals surface area contributed by atoms with Crippen LogP contribution in [0.25, 0.3) is 0 Å². The lowest BCUT2D eigenvalue weighted by Gasteiger charge is -2.20. The lowest BCUT2D eigenvalue weighted by Crippen LogP contribution is -2.31. The average Bonchev–Trinajstić information content (AvgIpc) is 2.47. The smallest absolute Gasteiger partial charge is 0.338 e. The highest BCUT2D eigenvalue weighted by Gasteiger charge is 2.18. The molecule has 1 aromatic rings. The lowest BCUT2D eigenvalue weighted by molar-refractivity contribution is -0.153. The van der Waals surface area contributed by atoms with Crippen LogP contribution in [0.1, 0.15) is 53.4 Å². The molecule has 130 valence electrons. The van der Waals surface area contributed by atoms with Crippen molar-refractivity contribution in [3.63, 3.8) is 0 Å². The van der Waals surface area contributed by atoms with Crippen molar-refractivity contribution in [2.75, 3.05) is 13.7 Å². The predicted octanol–water partition coefficient (Wildman–Crippen LogP) is 2.50. The zero-order valence-electron chi connectivity index (χ0n) is 15.2. The molecule has 24 heavy (non-hydrogen) atoms. The zero-order valence-corrected chi connectivity index (χ0v) is 15.2. The highest BCUT2D eigenvalue weighted by molar-refractivity contribution is 5.92. The Morgan fingerprint density at radius 3 is 2.38 bits per heavy atom. The van der Waals surface area contributed by atoms with E-state index in [9.17, 15) is 9.59 Å². The molecule has 0 saturated carbocycles. The molecule has 0 saturated heterocycles. The van der Waals surface area contributed by atoms with Crippen molar-refractivity contribution in [1.82, 2.24) is 5.32 Å². The lowest BCUT2D eigenvalue weighted by atomic mass is 9.93. The van der Waals surface area contributed by atoms with Crippen LogP contribution in [0, 0.1) is 26.2 Å². The molecule has 0 aliphatic heterocycles. The standard InChI is InChI=1S/C19H25NO4/c1-8-15-12(2)14(9-16(13(15)3)18(22)23-7)10-20-11-17(21)24-19(4,5)6/h1,9,20H,10-11H2,2-7H3. The van der Waals surface area contributed by atoms with Gasteiger partial charge in [0, 0.05) is 12.1 Å². The Morgan fingerprint density at radius 2 is 1.88 bits per heavy atom. The van der Waals surface area contributed by atoms with Crippen molar-refractivity contribution in [2.45, 2.75) is 46.8 Å². The molecule has 0 spiro atoms. The third-order valence-corrected chi connectivity index (χ3v) is 3.51. The van der Waals surface area contributed by atoms with E-state index in [-0.39, 0.29) is 12.5 Å². The molecular weight excluding hydrogens is 306 g/mol. The molecular formula is C19H25NO4. The van der Waals surface area contributed by atoms with Crippen molar-refractivity contribution in [3.8, 4) is 12.3 Å². The van der Waals surface area contributed by atoms with Gasteiger partial charge in [0.15, 0.2) is 0 Å². The Bertz CT molecular complexity index is 678. The largest absolute Gasteiger partial charge is 0.465 e. The summed E-state index contributed by atoms with van der Waals surface area (Å²) in [6.07, 6.45) is 5.58. The number of benzene rings is 1. The first-order valence-electron chi connectivity index (χ1n) is 7.71. The molecule has 0 bridgehead atoms. The summed E-state index contributed by atoms with van der Waals surface area (Å²) in [4.78, 5) is 23.7. The first-order valence-corrected chi connectivity index (χ1v) is 7.71. The van der Waals surface area contributed by atoms with Crippen LogP contribution < -0.4 is 5.32 Å². The van der Waals surface area contributed by atoms with E-state index in [1.807, 2.05) is 27.7 Å². The number of hydrogen-bond acceptors (Lipinski definition) is 5. The van der Waals surface area contributed by atoms with E-state index in [1.54, 1.807) is 13.0 Å². The number of nitrogens with one attached hydrogen (secondary N) is 1. The van der Waals surface area contributed by atoms with Crippen LogP contribution in [0.15, 0.2) is 6.07 Å². The maximum Gasteiger partial charge on any atom is 0.338 e. The van der Waals surface area contributed by atoms with E-state index < -0.39 is 11.6 Å². The van der Waals surface area contributed by atoms with E-state index in [2.05, 4.69) is 11.2 Å². The predicted molar refractivity (Wildman–Crippen MR) is 92.7 cm³/mol. The molecule has 0 atom stereocenters. The summed E-state index contributed by atoms with van der Waals surface area (Å²) in [7, 11) is 1.33. The first-order chi connectivity index (χ1) is 11.1. The van der Waals surface area contributed by atoms with Gasteiger partial charge in [-0.15, -0.1) is 6.42 Å². The van der Waals surface area contributed by atoms with E-state index in [1.165, 1.54) is 7.11 Å². The van der Waals surface area contributed by atoms with Crippen molar-refractivity contribution < 1.29 is 19.1 Å². The number of methoxy groups -OCH3 is 1. The molecule has 0 aliphatic carbocycles. The summed E-state index contributed by atoms with van der Waals surface area (Å²) in [6.45, 7) is 9.61. The normalized spacial score (nSPS) is 10.9. The highest BCUT2D eigenvalue weighted by Crippen LogP contribution is 2.22. The van der Waals surface area contributed by atoms with Gasteiger partial charge < -0.3 is 14.8 Å². The SMILES string of the molecule is C#Cc1c(C)c(CNCC(=O)OC(C)(C)C)cc(C(=O)OC)c1C. The van der Waals surface area contributed by atoms with Gasteiger partial charge in [0.25, 0.3) is 0 Å². The number of carbonyl (C=O) groups excluding carboxylic acids is 2. The number of ether oxygens (including phenoxy) is 2. The van der Waals surface area contributed by atoms with Gasteiger partial charge in [-0.1, -0.05) is 5.92 Å². The Morgan fingerprint density at radius 1 is 1.25 bits per heavy atom. The van der Waals surface area contributed by atoms with Crippen LogP contribution in [-0.2, 0) is 20.8 Å². The van der Waals surface area contributed by atoms with Gasteiger partial charge >= 0.3 is 11.9 Å². The van der Waals surface area contributed by atoms with Crippen LogP contribution in [0.5, 0.6) is 0 Å². The van der Waals surface area contributed by atoms with Gasteiger partial charge in [-0.25, -0.2) is 4.79 Å². The van der Waals surface area contributed by atoms with Gasteiger partial charge in [-0.3, -0.25) is 4.79 Å². The molecule has 1 rings (SSSR count). The molecule has 0 amide bonds. The number of hydrogen-bond donors (Lipinski definition) is 1. The molecule has 0 aromatic heterocycles. The van der Waals surface area contributed by atoms with E-state index >= 15 is 0 Å². The quantitative estimate of drug-likeness (QED) is 0.663. The molecule has 0 unspecified atom stereocenters. The fourth-order valence-corrected chi connectivity index (χ4v) is 2.37. The third kappa shape index (κ3) is 5.10. The highest BCUT2D eigenvalue weighted by atomic mass is 16.6. The molecule has 1 N–H and O–H groups in total. The molecule has 0 radical (unpaired) electrons. The monoisotopic (exact) mass is 331 g/mol. The average molecular weight is 331 g/mol. The van der Waals surface area contributed by atoms with E-state index in [0.717, 1.165) is 16.7 Å². The molecule has 0 aliphatic rings. The Balaban J connectivity index is 2.94.